The van der Waals surface area contributed by atoms with Crippen LogP contribution in [-0.2, 0) is 16.1 Å². The maximum absolute atomic E-state index is 11.9. The van der Waals surface area contributed by atoms with Crippen molar-refractivity contribution in [2.24, 2.45) is 0 Å². The first-order chi connectivity index (χ1) is 9.95. The summed E-state index contributed by atoms with van der Waals surface area (Å²) in [6.45, 7) is 1.85. The predicted octanol–water partition coefficient (Wildman–Crippen LogP) is 2.49. The molecule has 0 saturated carbocycles. The predicted molar refractivity (Wildman–Crippen MR) is 78.7 cm³/mol. The van der Waals surface area contributed by atoms with Crippen LogP contribution in [-0.4, -0.2) is 35.4 Å². The van der Waals surface area contributed by atoms with E-state index in [0.717, 1.165) is 10.2 Å². The summed E-state index contributed by atoms with van der Waals surface area (Å²) in [4.78, 5) is 27.7. The van der Waals surface area contributed by atoms with Gasteiger partial charge in [0, 0.05) is 17.7 Å². The Labute approximate surface area is 130 Å². The molecule has 0 unspecified atom stereocenters. The summed E-state index contributed by atoms with van der Waals surface area (Å²) in [6.07, 6.45) is 1.61. The quantitative estimate of drug-likeness (QED) is 0.837. The topological polar surface area (TPSA) is 75.5 Å². The Morgan fingerprint density at radius 3 is 2.76 bits per heavy atom. The number of ether oxygens (including phenoxy) is 1. The molecule has 1 amide bonds. The number of hydrogen-bond acceptors (Lipinski definition) is 4. The van der Waals surface area contributed by atoms with E-state index in [9.17, 15) is 9.59 Å². The van der Waals surface area contributed by atoms with Gasteiger partial charge in [0.05, 0.1) is 6.54 Å². The van der Waals surface area contributed by atoms with Crippen LogP contribution >= 0.6 is 15.9 Å². The number of rotatable bonds is 5. The number of esters is 1. The fraction of sp³-hybridized carbons (Fsp3) is 0.286. The zero-order chi connectivity index (χ0) is 15.4. The van der Waals surface area contributed by atoms with E-state index in [-0.39, 0.29) is 12.5 Å². The van der Waals surface area contributed by atoms with Gasteiger partial charge in [-0.25, -0.2) is 4.79 Å². The first kappa shape index (κ1) is 15.4. The summed E-state index contributed by atoms with van der Waals surface area (Å²) < 4.78 is 11.1. The molecule has 0 aliphatic heterocycles. The van der Waals surface area contributed by atoms with Crippen LogP contribution < -0.4 is 0 Å². The molecule has 7 heteroatoms. The zero-order valence-electron chi connectivity index (χ0n) is 11.7. The summed E-state index contributed by atoms with van der Waals surface area (Å²) in [5.74, 6) is 0.594. The first-order valence-electron chi connectivity index (χ1n) is 6.26. The summed E-state index contributed by atoms with van der Waals surface area (Å²) in [5, 5.41) is 0. The van der Waals surface area contributed by atoms with Gasteiger partial charge >= 0.3 is 5.97 Å². The second-order valence-electron chi connectivity index (χ2n) is 4.57. The lowest BCUT2D eigenvalue weighted by atomic mass is 10.4. The number of nitrogens with one attached hydrogen (secondary N) is 1. The van der Waals surface area contributed by atoms with Crippen LogP contribution in [0.5, 0.6) is 0 Å². The van der Waals surface area contributed by atoms with E-state index in [0.29, 0.717) is 18.0 Å². The second kappa shape index (κ2) is 6.62. The lowest BCUT2D eigenvalue weighted by Crippen LogP contribution is -2.30. The average Bonchev–Trinajstić information content (AvgIpc) is 3.04. The molecule has 1 N–H and O–H groups in total. The Bertz CT molecular complexity index is 647. The molecular weight excluding hydrogens is 340 g/mol. The van der Waals surface area contributed by atoms with Gasteiger partial charge in [-0.15, -0.1) is 0 Å². The largest absolute Gasteiger partial charge is 0.464 e. The second-order valence-corrected chi connectivity index (χ2v) is 5.49. The molecule has 0 atom stereocenters. The van der Waals surface area contributed by atoms with Gasteiger partial charge in [0.15, 0.2) is 6.61 Å². The van der Waals surface area contributed by atoms with Gasteiger partial charge in [-0.05, 0) is 41.1 Å². The molecule has 0 aromatic carbocycles. The Balaban J connectivity index is 1.82. The van der Waals surface area contributed by atoms with Gasteiger partial charge in [-0.2, -0.15) is 0 Å². The molecule has 0 fully saturated rings. The van der Waals surface area contributed by atoms with E-state index in [1.54, 1.807) is 19.3 Å². The number of furan rings is 1. The first-order valence-corrected chi connectivity index (χ1v) is 7.05. The third kappa shape index (κ3) is 4.22. The minimum absolute atomic E-state index is 0.291. The number of aryl methyl sites for hydroxylation is 1. The van der Waals surface area contributed by atoms with E-state index < -0.39 is 5.97 Å². The number of carbonyl (C=O) groups excluding carboxylic acids is 2. The van der Waals surface area contributed by atoms with Crippen LogP contribution in [0.25, 0.3) is 0 Å². The minimum Gasteiger partial charge on any atom is -0.464 e. The van der Waals surface area contributed by atoms with E-state index in [2.05, 4.69) is 20.9 Å². The molecule has 0 saturated heterocycles. The van der Waals surface area contributed by atoms with Gasteiger partial charge in [0.1, 0.15) is 17.2 Å². The Morgan fingerprint density at radius 2 is 2.19 bits per heavy atom. The number of likely N-dealkylation sites (N-methyl/N-ethyl adjacent to an activating group) is 1. The summed E-state index contributed by atoms with van der Waals surface area (Å²) in [5.41, 5.74) is 0.291. The van der Waals surface area contributed by atoms with Gasteiger partial charge in [-0.3, -0.25) is 4.79 Å². The van der Waals surface area contributed by atoms with Gasteiger partial charge < -0.3 is 19.0 Å². The number of hydrogen-bond donors (Lipinski definition) is 1. The molecule has 0 spiro atoms. The van der Waals surface area contributed by atoms with E-state index in [1.165, 1.54) is 4.90 Å². The highest BCUT2D eigenvalue weighted by atomic mass is 79.9. The molecule has 0 aliphatic carbocycles. The number of halogens is 1. The van der Waals surface area contributed by atoms with Crippen molar-refractivity contribution < 1.29 is 18.7 Å². The molecular formula is C14H15BrN2O4. The third-order valence-electron chi connectivity index (χ3n) is 2.81. The van der Waals surface area contributed by atoms with Crippen molar-refractivity contribution in [3.8, 4) is 0 Å². The fourth-order valence-electron chi connectivity index (χ4n) is 1.69. The third-order valence-corrected chi connectivity index (χ3v) is 3.27. The normalized spacial score (nSPS) is 10.4. The van der Waals surface area contributed by atoms with E-state index in [1.807, 2.05) is 19.1 Å². The molecule has 2 aromatic heterocycles. The minimum atomic E-state index is -0.573. The number of nitrogens with zero attached hydrogens (tertiary/aromatic N) is 1. The van der Waals surface area contributed by atoms with Crippen molar-refractivity contribution in [1.29, 1.82) is 0 Å². The highest BCUT2D eigenvalue weighted by Crippen LogP contribution is 2.12. The van der Waals surface area contributed by atoms with Crippen LogP contribution in [0.15, 0.2) is 33.3 Å². The Morgan fingerprint density at radius 1 is 1.43 bits per heavy atom. The van der Waals surface area contributed by atoms with Crippen molar-refractivity contribution in [3.63, 3.8) is 0 Å². The number of amides is 1. The summed E-state index contributed by atoms with van der Waals surface area (Å²) in [7, 11) is 1.62. The molecule has 0 aliphatic rings. The molecule has 0 radical (unpaired) electrons. The fourth-order valence-corrected chi connectivity index (χ4v) is 2.04. The Kier molecular flexibility index (Phi) is 4.85. The van der Waals surface area contributed by atoms with Crippen molar-refractivity contribution in [3.05, 3.63) is 46.1 Å². The molecule has 2 aromatic rings. The van der Waals surface area contributed by atoms with Crippen molar-refractivity contribution in [2.45, 2.75) is 13.5 Å². The smallest absolute Gasteiger partial charge is 0.355 e. The molecule has 0 bridgehead atoms. The zero-order valence-corrected chi connectivity index (χ0v) is 13.3. The van der Waals surface area contributed by atoms with Gasteiger partial charge in [-0.1, -0.05) is 0 Å². The molecule has 2 rings (SSSR count). The molecule has 2 heterocycles. The maximum atomic E-state index is 11.9. The molecule has 6 nitrogen and oxygen atoms in total. The van der Waals surface area contributed by atoms with Crippen molar-refractivity contribution >= 4 is 27.8 Å². The number of aromatic amines is 1. The van der Waals surface area contributed by atoms with Crippen molar-refractivity contribution in [2.75, 3.05) is 13.7 Å². The van der Waals surface area contributed by atoms with Gasteiger partial charge in [0.2, 0.25) is 0 Å². The number of carbonyl (C=O) groups is 2. The van der Waals surface area contributed by atoms with Crippen LogP contribution in [0, 0.1) is 6.92 Å². The number of H-pyrrole nitrogens is 1. The summed E-state index contributed by atoms with van der Waals surface area (Å²) >= 11 is 3.22. The lowest BCUT2D eigenvalue weighted by molar-refractivity contribution is -0.134. The SMILES string of the molecule is Cc1ccc(CN(C)C(=O)COC(=O)c2cc(Br)c[nH]2)o1. The van der Waals surface area contributed by atoms with Gasteiger partial charge in [0.25, 0.3) is 5.91 Å². The van der Waals surface area contributed by atoms with Crippen LogP contribution in [0.3, 0.4) is 0 Å². The molecule has 21 heavy (non-hydrogen) atoms. The van der Waals surface area contributed by atoms with Crippen molar-refractivity contribution in [1.82, 2.24) is 9.88 Å². The molecule has 112 valence electrons. The maximum Gasteiger partial charge on any atom is 0.355 e. The highest BCUT2D eigenvalue weighted by molar-refractivity contribution is 9.10. The van der Waals surface area contributed by atoms with Crippen LogP contribution in [0.2, 0.25) is 0 Å². The Hall–Kier alpha value is -2.02. The monoisotopic (exact) mass is 354 g/mol. The van der Waals surface area contributed by atoms with E-state index >= 15 is 0 Å². The van der Waals surface area contributed by atoms with E-state index in [4.69, 9.17) is 9.15 Å². The average molecular weight is 355 g/mol. The highest BCUT2D eigenvalue weighted by Gasteiger charge is 2.15. The lowest BCUT2D eigenvalue weighted by Gasteiger charge is -2.15. The van der Waals surface area contributed by atoms with Crippen LogP contribution in [0.4, 0.5) is 0 Å². The van der Waals surface area contributed by atoms with Crippen LogP contribution in [0.1, 0.15) is 22.0 Å². The standard InChI is InChI=1S/C14H15BrN2O4/c1-9-3-4-11(21-9)7-17(2)13(18)8-20-14(19)12-5-10(15)6-16-12/h3-6,16H,7-8H2,1-2H3. The number of aromatic nitrogens is 1. The summed E-state index contributed by atoms with van der Waals surface area (Å²) in [6, 6.07) is 5.22.